The molecule has 0 heterocycles. The number of aliphatic hydroxyl groups is 1. The van der Waals surface area contributed by atoms with Crippen molar-refractivity contribution in [1.82, 2.24) is 0 Å². The Bertz CT molecular complexity index is 297. The summed E-state index contributed by atoms with van der Waals surface area (Å²) in [5, 5.41) is 12.2. The Balaban J connectivity index is 2.93. The molecule has 0 aliphatic carbocycles. The summed E-state index contributed by atoms with van der Waals surface area (Å²) in [6, 6.07) is 6.26. The van der Waals surface area contributed by atoms with Crippen LogP contribution in [0.15, 0.2) is 29.6 Å². The summed E-state index contributed by atoms with van der Waals surface area (Å²) in [4.78, 5) is 14.0. The molecule has 1 rings (SSSR count). The third kappa shape index (κ3) is 2.40. The SMILES string of the molecule is C[C@@](O)(ON=O)c1ccc(Cl)cc1. The summed E-state index contributed by atoms with van der Waals surface area (Å²) in [6.07, 6.45) is 0. The summed E-state index contributed by atoms with van der Waals surface area (Å²) in [5.74, 6) is -1.70. The van der Waals surface area contributed by atoms with E-state index in [1.165, 1.54) is 6.92 Å². The lowest BCUT2D eigenvalue weighted by atomic mass is 10.1. The average Bonchev–Trinajstić information content (AvgIpc) is 2.05. The lowest BCUT2D eigenvalue weighted by molar-refractivity contribution is -0.200. The predicted molar refractivity (Wildman–Crippen MR) is 47.9 cm³/mol. The van der Waals surface area contributed by atoms with Crippen LogP contribution >= 0.6 is 11.6 Å². The predicted octanol–water partition coefficient (Wildman–Crippen LogP) is 2.20. The molecule has 0 saturated carbocycles. The van der Waals surface area contributed by atoms with E-state index in [0.717, 1.165) is 0 Å². The molecular formula is C8H8ClNO3. The van der Waals surface area contributed by atoms with Gasteiger partial charge in [-0.1, -0.05) is 23.7 Å². The third-order valence-corrected chi connectivity index (χ3v) is 1.85. The van der Waals surface area contributed by atoms with Crippen molar-refractivity contribution >= 4 is 11.6 Å². The number of nitrogens with zero attached hydrogens (tertiary/aromatic N) is 1. The highest BCUT2D eigenvalue weighted by Gasteiger charge is 2.25. The van der Waals surface area contributed by atoms with Crippen LogP contribution in [0.4, 0.5) is 0 Å². The second kappa shape index (κ2) is 3.72. The maximum Gasteiger partial charge on any atom is 0.261 e. The largest absolute Gasteiger partial charge is 0.351 e. The first-order chi connectivity index (χ1) is 6.06. The van der Waals surface area contributed by atoms with Gasteiger partial charge in [-0.3, -0.25) is 0 Å². The molecule has 0 aliphatic rings. The Hall–Kier alpha value is -1.13. The van der Waals surface area contributed by atoms with Crippen LogP contribution in [0.3, 0.4) is 0 Å². The zero-order chi connectivity index (χ0) is 9.90. The van der Waals surface area contributed by atoms with Gasteiger partial charge in [0.25, 0.3) is 5.79 Å². The van der Waals surface area contributed by atoms with Crippen molar-refractivity contribution in [2.24, 2.45) is 5.34 Å². The van der Waals surface area contributed by atoms with Crippen molar-refractivity contribution in [3.05, 3.63) is 39.8 Å². The molecule has 4 nitrogen and oxygen atoms in total. The Labute approximate surface area is 80.0 Å². The van der Waals surface area contributed by atoms with Crippen molar-refractivity contribution < 1.29 is 9.94 Å². The zero-order valence-corrected chi connectivity index (χ0v) is 7.65. The van der Waals surface area contributed by atoms with Crippen LogP contribution in [-0.2, 0) is 10.6 Å². The summed E-state index contributed by atoms with van der Waals surface area (Å²) in [7, 11) is 0. The highest BCUT2D eigenvalue weighted by Crippen LogP contribution is 2.23. The van der Waals surface area contributed by atoms with Gasteiger partial charge in [0.15, 0.2) is 5.34 Å². The van der Waals surface area contributed by atoms with E-state index < -0.39 is 5.79 Å². The summed E-state index contributed by atoms with van der Waals surface area (Å²) >= 11 is 5.63. The molecular weight excluding hydrogens is 194 g/mol. The lowest BCUT2D eigenvalue weighted by Gasteiger charge is -2.18. The second-order valence-electron chi connectivity index (χ2n) is 2.66. The van der Waals surface area contributed by atoms with E-state index >= 15 is 0 Å². The number of benzene rings is 1. The van der Waals surface area contributed by atoms with E-state index in [-0.39, 0.29) is 0 Å². The van der Waals surface area contributed by atoms with Crippen molar-refractivity contribution in [2.75, 3.05) is 0 Å². The molecule has 0 unspecified atom stereocenters. The van der Waals surface area contributed by atoms with Gasteiger partial charge >= 0.3 is 0 Å². The van der Waals surface area contributed by atoms with Gasteiger partial charge in [-0.25, -0.2) is 0 Å². The number of hydrogen-bond acceptors (Lipinski definition) is 4. The minimum atomic E-state index is -1.70. The quantitative estimate of drug-likeness (QED) is 0.463. The molecule has 5 heteroatoms. The molecule has 0 bridgehead atoms. The Morgan fingerprint density at radius 1 is 1.46 bits per heavy atom. The minimum Gasteiger partial charge on any atom is -0.351 e. The maximum absolute atomic E-state index is 9.80. The molecule has 0 radical (unpaired) electrons. The van der Waals surface area contributed by atoms with Gasteiger partial charge in [0.2, 0.25) is 0 Å². The van der Waals surface area contributed by atoms with Crippen molar-refractivity contribution in [1.29, 1.82) is 0 Å². The van der Waals surface area contributed by atoms with Crippen LogP contribution in [0.1, 0.15) is 12.5 Å². The monoisotopic (exact) mass is 201 g/mol. The van der Waals surface area contributed by atoms with Crippen molar-refractivity contribution in [3.63, 3.8) is 0 Å². The van der Waals surface area contributed by atoms with Gasteiger partial charge in [-0.15, -0.1) is 4.91 Å². The maximum atomic E-state index is 9.80. The topological polar surface area (TPSA) is 58.9 Å². The first kappa shape index (κ1) is 9.95. The fraction of sp³-hybridized carbons (Fsp3) is 0.250. The molecule has 13 heavy (non-hydrogen) atoms. The molecule has 1 N–H and O–H groups in total. The molecule has 0 fully saturated rings. The van der Waals surface area contributed by atoms with Gasteiger partial charge in [0.1, 0.15) is 0 Å². The van der Waals surface area contributed by atoms with Crippen LogP contribution in [-0.4, -0.2) is 5.11 Å². The van der Waals surface area contributed by atoms with Crippen LogP contribution in [0.5, 0.6) is 0 Å². The number of rotatable bonds is 3. The average molecular weight is 202 g/mol. The van der Waals surface area contributed by atoms with Crippen LogP contribution in [0.25, 0.3) is 0 Å². The van der Waals surface area contributed by atoms with Gasteiger partial charge in [-0.05, 0) is 12.1 Å². The normalized spacial score (nSPS) is 14.7. The Morgan fingerprint density at radius 3 is 2.46 bits per heavy atom. The molecule has 0 aliphatic heterocycles. The minimum absolute atomic E-state index is 0.413. The smallest absolute Gasteiger partial charge is 0.261 e. The summed E-state index contributed by atoms with van der Waals surface area (Å²) < 4.78 is 0. The summed E-state index contributed by atoms with van der Waals surface area (Å²) in [6.45, 7) is 1.32. The fourth-order valence-corrected chi connectivity index (χ4v) is 1.01. The first-order valence-corrected chi connectivity index (χ1v) is 3.93. The summed E-state index contributed by atoms with van der Waals surface area (Å²) in [5.41, 5.74) is 0.413. The van der Waals surface area contributed by atoms with E-state index in [1.807, 2.05) is 0 Å². The number of hydrogen-bond donors (Lipinski definition) is 1. The van der Waals surface area contributed by atoms with E-state index in [1.54, 1.807) is 24.3 Å². The van der Waals surface area contributed by atoms with Crippen LogP contribution < -0.4 is 0 Å². The van der Waals surface area contributed by atoms with Gasteiger partial charge in [-0.2, -0.15) is 0 Å². The third-order valence-electron chi connectivity index (χ3n) is 1.59. The molecule has 1 aromatic rings. The molecule has 0 saturated heterocycles. The highest BCUT2D eigenvalue weighted by atomic mass is 35.5. The van der Waals surface area contributed by atoms with Gasteiger partial charge < -0.3 is 9.94 Å². The van der Waals surface area contributed by atoms with E-state index in [2.05, 4.69) is 10.2 Å². The molecule has 0 aromatic heterocycles. The van der Waals surface area contributed by atoms with Crippen LogP contribution in [0, 0.1) is 4.91 Å². The molecule has 70 valence electrons. The molecule has 0 spiro atoms. The van der Waals surface area contributed by atoms with E-state index in [4.69, 9.17) is 11.6 Å². The van der Waals surface area contributed by atoms with Crippen LogP contribution in [0.2, 0.25) is 5.02 Å². The lowest BCUT2D eigenvalue weighted by Crippen LogP contribution is -2.22. The standard InChI is InChI=1S/C8H8ClNO3/c1-8(11,13-10-12)6-2-4-7(9)5-3-6/h2-5,11H,1H3/t8-/m1/s1. The fourth-order valence-electron chi connectivity index (χ4n) is 0.884. The van der Waals surface area contributed by atoms with Gasteiger partial charge in [0, 0.05) is 17.5 Å². The van der Waals surface area contributed by atoms with E-state index in [0.29, 0.717) is 10.6 Å². The second-order valence-corrected chi connectivity index (χ2v) is 3.09. The number of halogens is 1. The molecule has 0 amide bonds. The zero-order valence-electron chi connectivity index (χ0n) is 6.90. The van der Waals surface area contributed by atoms with Gasteiger partial charge in [0.05, 0.1) is 0 Å². The molecule has 1 aromatic carbocycles. The van der Waals surface area contributed by atoms with Crippen molar-refractivity contribution in [3.8, 4) is 0 Å². The van der Waals surface area contributed by atoms with E-state index in [9.17, 15) is 10.0 Å². The highest BCUT2D eigenvalue weighted by molar-refractivity contribution is 6.30. The van der Waals surface area contributed by atoms with Crippen molar-refractivity contribution in [2.45, 2.75) is 12.7 Å². The first-order valence-electron chi connectivity index (χ1n) is 3.55. The molecule has 1 atom stereocenters. The Morgan fingerprint density at radius 2 is 2.00 bits per heavy atom. The Kier molecular flexibility index (Phi) is 2.85.